The normalized spacial score (nSPS) is 18.0. The van der Waals surface area contributed by atoms with Gasteiger partial charge < -0.3 is 14.8 Å². The Morgan fingerprint density at radius 3 is 2.84 bits per heavy atom. The van der Waals surface area contributed by atoms with Gasteiger partial charge in [-0.2, -0.15) is 0 Å². The van der Waals surface area contributed by atoms with Gasteiger partial charge in [0.1, 0.15) is 18.1 Å². The summed E-state index contributed by atoms with van der Waals surface area (Å²) in [6, 6.07) is 6.49. The predicted molar refractivity (Wildman–Crippen MR) is 77.9 cm³/mol. The summed E-state index contributed by atoms with van der Waals surface area (Å²) in [7, 11) is 0. The first-order valence-electron chi connectivity index (χ1n) is 7.12. The molecule has 1 aromatic rings. The van der Waals surface area contributed by atoms with E-state index in [1.807, 2.05) is 12.1 Å². The van der Waals surface area contributed by atoms with Gasteiger partial charge in [0.25, 0.3) is 0 Å². The molecule has 0 spiro atoms. The zero-order chi connectivity index (χ0) is 13.9. The van der Waals surface area contributed by atoms with Crippen LogP contribution in [0.25, 0.3) is 0 Å². The van der Waals surface area contributed by atoms with E-state index in [-0.39, 0.29) is 0 Å². The average molecular weight is 263 g/mol. The van der Waals surface area contributed by atoms with Crippen molar-refractivity contribution in [3.8, 4) is 11.5 Å². The molecule has 0 radical (unpaired) electrons. The van der Waals surface area contributed by atoms with E-state index in [1.54, 1.807) is 0 Å². The molecule has 0 fully saturated rings. The lowest BCUT2D eigenvalue weighted by Crippen LogP contribution is -2.21. The number of rotatable bonds is 5. The summed E-state index contributed by atoms with van der Waals surface area (Å²) in [5.41, 5.74) is 1.55. The lowest BCUT2D eigenvalue weighted by Gasteiger charge is -2.18. The van der Waals surface area contributed by atoms with Gasteiger partial charge in [0.05, 0.1) is 12.6 Å². The average Bonchev–Trinajstić information content (AvgIpc) is 2.71. The highest BCUT2D eigenvalue weighted by atomic mass is 16.5. The fourth-order valence-corrected chi connectivity index (χ4v) is 2.17. The van der Waals surface area contributed by atoms with Crippen LogP contribution in [0.5, 0.6) is 11.5 Å². The largest absolute Gasteiger partial charge is 0.493 e. The second-order valence-corrected chi connectivity index (χ2v) is 6.28. The molecule has 0 saturated heterocycles. The van der Waals surface area contributed by atoms with Gasteiger partial charge in [0.15, 0.2) is 0 Å². The van der Waals surface area contributed by atoms with Crippen LogP contribution in [0, 0.1) is 5.41 Å². The molecular weight excluding hydrogens is 238 g/mol. The van der Waals surface area contributed by atoms with Crippen molar-refractivity contribution < 1.29 is 9.47 Å². The Morgan fingerprint density at radius 1 is 1.37 bits per heavy atom. The smallest absolute Gasteiger partial charge is 0.127 e. The van der Waals surface area contributed by atoms with Crippen molar-refractivity contribution in [3.05, 3.63) is 23.8 Å². The van der Waals surface area contributed by atoms with Crippen molar-refractivity contribution >= 4 is 0 Å². The standard InChI is InChI=1S/C16H25NO2/c1-5-17-14-11-19-15-10-12(6-7-13(14)15)18-9-8-16(2,3)4/h6-7,10,14,17H,5,8-9,11H2,1-4H3. The Labute approximate surface area is 116 Å². The second-order valence-electron chi connectivity index (χ2n) is 6.28. The van der Waals surface area contributed by atoms with Crippen LogP contribution in [-0.4, -0.2) is 19.8 Å². The molecule has 1 unspecified atom stereocenters. The molecule has 1 aromatic carbocycles. The van der Waals surface area contributed by atoms with Crippen molar-refractivity contribution in [2.24, 2.45) is 5.41 Å². The minimum absolute atomic E-state index is 0.309. The van der Waals surface area contributed by atoms with Crippen LogP contribution in [0.1, 0.15) is 45.7 Å². The molecule has 3 nitrogen and oxygen atoms in total. The molecule has 1 heterocycles. The topological polar surface area (TPSA) is 30.5 Å². The van der Waals surface area contributed by atoms with Crippen molar-refractivity contribution in [1.29, 1.82) is 0 Å². The lowest BCUT2D eigenvalue weighted by atomic mass is 9.93. The first kappa shape index (κ1) is 14.2. The highest BCUT2D eigenvalue weighted by Gasteiger charge is 2.23. The third kappa shape index (κ3) is 3.87. The van der Waals surface area contributed by atoms with Crippen molar-refractivity contribution in [3.63, 3.8) is 0 Å². The van der Waals surface area contributed by atoms with Crippen LogP contribution in [0.3, 0.4) is 0 Å². The number of likely N-dealkylation sites (N-methyl/N-ethyl adjacent to an activating group) is 1. The predicted octanol–water partition coefficient (Wildman–Crippen LogP) is 3.54. The number of benzene rings is 1. The number of hydrogen-bond donors (Lipinski definition) is 1. The van der Waals surface area contributed by atoms with Crippen LogP contribution in [0.15, 0.2) is 18.2 Å². The van der Waals surface area contributed by atoms with Gasteiger partial charge in [-0.05, 0) is 30.5 Å². The molecule has 106 valence electrons. The van der Waals surface area contributed by atoms with E-state index < -0.39 is 0 Å². The van der Waals surface area contributed by atoms with Crippen molar-refractivity contribution in [2.75, 3.05) is 19.8 Å². The fourth-order valence-electron chi connectivity index (χ4n) is 2.17. The van der Waals surface area contributed by atoms with Gasteiger partial charge in [-0.1, -0.05) is 27.7 Å². The summed E-state index contributed by atoms with van der Waals surface area (Å²) >= 11 is 0. The molecule has 19 heavy (non-hydrogen) atoms. The SMILES string of the molecule is CCNC1COc2cc(OCCC(C)(C)C)ccc21. The summed E-state index contributed by atoms with van der Waals surface area (Å²) in [6.07, 6.45) is 1.05. The molecule has 0 amide bonds. The lowest BCUT2D eigenvalue weighted by molar-refractivity contribution is 0.242. The van der Waals surface area contributed by atoms with Gasteiger partial charge in [-0.3, -0.25) is 0 Å². The van der Waals surface area contributed by atoms with E-state index in [1.165, 1.54) is 5.56 Å². The van der Waals surface area contributed by atoms with Crippen LogP contribution < -0.4 is 14.8 Å². The molecule has 2 rings (SSSR count). The van der Waals surface area contributed by atoms with E-state index in [4.69, 9.17) is 9.47 Å². The Balaban J connectivity index is 1.95. The van der Waals surface area contributed by atoms with Crippen LogP contribution in [0.2, 0.25) is 0 Å². The molecule has 1 N–H and O–H groups in total. The summed E-state index contributed by atoms with van der Waals surface area (Å²) in [4.78, 5) is 0. The van der Waals surface area contributed by atoms with Gasteiger partial charge in [0, 0.05) is 11.6 Å². The summed E-state index contributed by atoms with van der Waals surface area (Å²) < 4.78 is 11.5. The number of ether oxygens (including phenoxy) is 2. The molecular formula is C16H25NO2. The van der Waals surface area contributed by atoms with Crippen molar-refractivity contribution in [1.82, 2.24) is 5.32 Å². The van der Waals surface area contributed by atoms with E-state index in [2.05, 4.69) is 39.1 Å². The molecule has 3 heteroatoms. The maximum atomic E-state index is 5.80. The molecule has 1 aliphatic heterocycles. The number of nitrogens with one attached hydrogen (secondary N) is 1. The van der Waals surface area contributed by atoms with E-state index in [0.29, 0.717) is 18.1 Å². The number of fused-ring (bicyclic) bond motifs is 1. The molecule has 0 aromatic heterocycles. The van der Waals surface area contributed by atoms with Gasteiger partial charge in [-0.15, -0.1) is 0 Å². The summed E-state index contributed by atoms with van der Waals surface area (Å²) in [5.74, 6) is 1.86. The molecule has 0 aliphatic carbocycles. The molecule has 1 atom stereocenters. The van der Waals surface area contributed by atoms with Crippen LogP contribution in [-0.2, 0) is 0 Å². The third-order valence-corrected chi connectivity index (χ3v) is 3.34. The second kappa shape index (κ2) is 5.83. The van der Waals surface area contributed by atoms with E-state index in [9.17, 15) is 0 Å². The van der Waals surface area contributed by atoms with E-state index >= 15 is 0 Å². The molecule has 0 bridgehead atoms. The monoisotopic (exact) mass is 263 g/mol. The van der Waals surface area contributed by atoms with Crippen LogP contribution >= 0.6 is 0 Å². The highest BCUT2D eigenvalue weighted by molar-refractivity contribution is 5.45. The summed E-state index contributed by atoms with van der Waals surface area (Å²) in [5, 5.41) is 3.42. The van der Waals surface area contributed by atoms with Gasteiger partial charge in [-0.25, -0.2) is 0 Å². The minimum atomic E-state index is 0.309. The van der Waals surface area contributed by atoms with Crippen LogP contribution in [0.4, 0.5) is 0 Å². The Morgan fingerprint density at radius 2 is 2.16 bits per heavy atom. The highest BCUT2D eigenvalue weighted by Crippen LogP contribution is 2.35. The quantitative estimate of drug-likeness (QED) is 0.881. The molecule has 1 aliphatic rings. The van der Waals surface area contributed by atoms with Crippen molar-refractivity contribution in [2.45, 2.75) is 40.2 Å². The van der Waals surface area contributed by atoms with Gasteiger partial charge in [0.2, 0.25) is 0 Å². The maximum absolute atomic E-state index is 5.80. The molecule has 0 saturated carbocycles. The zero-order valence-corrected chi connectivity index (χ0v) is 12.5. The van der Waals surface area contributed by atoms with E-state index in [0.717, 1.165) is 31.1 Å². The zero-order valence-electron chi connectivity index (χ0n) is 12.5. The minimum Gasteiger partial charge on any atom is -0.493 e. The fraction of sp³-hybridized carbons (Fsp3) is 0.625. The number of hydrogen-bond acceptors (Lipinski definition) is 3. The maximum Gasteiger partial charge on any atom is 0.127 e. The summed E-state index contributed by atoms with van der Waals surface area (Å²) in [6.45, 7) is 11.2. The Hall–Kier alpha value is -1.22. The third-order valence-electron chi connectivity index (χ3n) is 3.34. The van der Waals surface area contributed by atoms with Gasteiger partial charge >= 0.3 is 0 Å². The Kier molecular flexibility index (Phi) is 4.35. The first-order chi connectivity index (χ1) is 8.99. The first-order valence-corrected chi connectivity index (χ1v) is 7.12. The Bertz CT molecular complexity index is 423.